The van der Waals surface area contributed by atoms with E-state index in [4.69, 9.17) is 4.74 Å². The Kier molecular flexibility index (Phi) is 3.83. The quantitative estimate of drug-likeness (QED) is 0.935. The molecule has 22 heavy (non-hydrogen) atoms. The normalized spacial score (nSPS) is 16.8. The molecule has 6 heteroatoms. The Labute approximate surface area is 128 Å². The maximum Gasteiger partial charge on any atom is 0.224 e. The van der Waals surface area contributed by atoms with Crippen LogP contribution in [0.5, 0.6) is 5.75 Å². The van der Waals surface area contributed by atoms with Crippen molar-refractivity contribution in [2.24, 2.45) is 7.05 Å². The number of ether oxygens (including phenoxy) is 1. The third kappa shape index (κ3) is 3.10. The maximum atomic E-state index is 13.3. The summed E-state index contributed by atoms with van der Waals surface area (Å²) in [4.78, 5) is 12.1. The summed E-state index contributed by atoms with van der Waals surface area (Å²) in [6.07, 6.45) is 2.70. The highest BCUT2D eigenvalue weighted by molar-refractivity contribution is 5.79. The van der Waals surface area contributed by atoms with Gasteiger partial charge in [0, 0.05) is 18.8 Å². The van der Waals surface area contributed by atoms with Gasteiger partial charge in [-0.05, 0) is 37.1 Å². The molecule has 3 rings (SSSR count). The van der Waals surface area contributed by atoms with Gasteiger partial charge in [-0.25, -0.2) is 4.39 Å². The molecule has 1 aliphatic heterocycles. The smallest absolute Gasteiger partial charge is 0.224 e. The van der Waals surface area contributed by atoms with E-state index in [1.54, 1.807) is 10.7 Å². The van der Waals surface area contributed by atoms with Crippen LogP contribution in [0.3, 0.4) is 0 Å². The molecule has 116 valence electrons. The number of rotatable bonds is 3. The van der Waals surface area contributed by atoms with Crippen LogP contribution in [0.1, 0.15) is 16.8 Å². The van der Waals surface area contributed by atoms with E-state index in [2.05, 4.69) is 10.4 Å². The van der Waals surface area contributed by atoms with E-state index in [9.17, 15) is 9.18 Å². The molecule has 0 spiro atoms. The molecule has 1 N–H and O–H groups in total. The van der Waals surface area contributed by atoms with Crippen molar-refractivity contribution in [2.75, 3.05) is 6.61 Å². The number of aryl methyl sites for hydroxylation is 2. The molecule has 0 fully saturated rings. The van der Waals surface area contributed by atoms with Crippen molar-refractivity contribution in [1.29, 1.82) is 0 Å². The number of carbonyl (C=O) groups is 1. The van der Waals surface area contributed by atoms with Crippen molar-refractivity contribution in [3.63, 3.8) is 0 Å². The molecular formula is C16H18FN3O2. The van der Waals surface area contributed by atoms with Crippen molar-refractivity contribution in [1.82, 2.24) is 15.1 Å². The van der Waals surface area contributed by atoms with Crippen molar-refractivity contribution >= 4 is 5.91 Å². The second-order valence-corrected chi connectivity index (χ2v) is 5.62. The van der Waals surface area contributed by atoms with Gasteiger partial charge in [-0.2, -0.15) is 5.10 Å². The van der Waals surface area contributed by atoms with Gasteiger partial charge in [0.05, 0.1) is 18.2 Å². The van der Waals surface area contributed by atoms with Gasteiger partial charge in [-0.3, -0.25) is 9.48 Å². The molecule has 0 saturated heterocycles. The van der Waals surface area contributed by atoms with E-state index in [0.717, 1.165) is 16.8 Å². The van der Waals surface area contributed by atoms with Crippen LogP contribution in [0.4, 0.5) is 4.39 Å². The lowest BCUT2D eigenvalue weighted by molar-refractivity contribution is -0.121. The first-order valence-electron chi connectivity index (χ1n) is 7.21. The van der Waals surface area contributed by atoms with E-state index in [0.29, 0.717) is 18.8 Å². The molecule has 0 saturated carbocycles. The highest BCUT2D eigenvalue weighted by atomic mass is 19.1. The van der Waals surface area contributed by atoms with Crippen molar-refractivity contribution < 1.29 is 13.9 Å². The molecule has 2 aromatic rings. The van der Waals surface area contributed by atoms with Gasteiger partial charge in [-0.1, -0.05) is 0 Å². The molecular weight excluding hydrogens is 285 g/mol. The second-order valence-electron chi connectivity index (χ2n) is 5.62. The van der Waals surface area contributed by atoms with Gasteiger partial charge in [0.1, 0.15) is 18.2 Å². The minimum Gasteiger partial charge on any atom is -0.491 e. The molecule has 1 unspecified atom stereocenters. The van der Waals surface area contributed by atoms with Gasteiger partial charge >= 0.3 is 0 Å². The van der Waals surface area contributed by atoms with Gasteiger partial charge in [-0.15, -0.1) is 0 Å². The van der Waals surface area contributed by atoms with E-state index in [1.165, 1.54) is 12.1 Å². The van der Waals surface area contributed by atoms with Crippen LogP contribution in [0.2, 0.25) is 0 Å². The molecule has 1 aliphatic rings. The number of aromatic nitrogens is 2. The van der Waals surface area contributed by atoms with E-state index in [-0.39, 0.29) is 24.2 Å². The number of nitrogens with one attached hydrogen (secondary N) is 1. The topological polar surface area (TPSA) is 56.2 Å². The Morgan fingerprint density at radius 2 is 2.36 bits per heavy atom. The van der Waals surface area contributed by atoms with Gasteiger partial charge in [0.25, 0.3) is 0 Å². The molecule has 0 radical (unpaired) electrons. The number of carbonyl (C=O) groups excluding carboxylic acids is 1. The number of nitrogens with zero attached hydrogens (tertiary/aromatic N) is 2. The molecule has 0 bridgehead atoms. The van der Waals surface area contributed by atoms with Crippen molar-refractivity contribution in [3.05, 3.63) is 47.0 Å². The van der Waals surface area contributed by atoms with Crippen LogP contribution < -0.4 is 10.1 Å². The minimum absolute atomic E-state index is 0.0791. The fourth-order valence-corrected chi connectivity index (χ4v) is 2.73. The Bertz CT molecular complexity index is 711. The second kappa shape index (κ2) is 5.79. The summed E-state index contributed by atoms with van der Waals surface area (Å²) in [5.74, 6) is 0.319. The maximum absolute atomic E-state index is 13.3. The summed E-state index contributed by atoms with van der Waals surface area (Å²) in [7, 11) is 1.83. The van der Waals surface area contributed by atoms with Crippen LogP contribution in [-0.2, 0) is 24.7 Å². The monoisotopic (exact) mass is 303 g/mol. The Hall–Kier alpha value is -2.37. The summed E-state index contributed by atoms with van der Waals surface area (Å²) in [6.45, 7) is 2.28. The van der Waals surface area contributed by atoms with Gasteiger partial charge in [0.15, 0.2) is 0 Å². The Balaban J connectivity index is 1.62. The average Bonchev–Trinajstić information content (AvgIpc) is 2.76. The largest absolute Gasteiger partial charge is 0.491 e. The molecule has 1 aromatic heterocycles. The Morgan fingerprint density at radius 1 is 1.55 bits per heavy atom. The predicted octanol–water partition coefficient (Wildman–Crippen LogP) is 1.53. The average molecular weight is 303 g/mol. The van der Waals surface area contributed by atoms with E-state index < -0.39 is 0 Å². The van der Waals surface area contributed by atoms with Crippen LogP contribution in [0, 0.1) is 12.7 Å². The minimum atomic E-state index is -0.291. The lowest BCUT2D eigenvalue weighted by Gasteiger charge is -2.26. The van der Waals surface area contributed by atoms with E-state index in [1.807, 2.05) is 20.2 Å². The first kappa shape index (κ1) is 14.6. The molecule has 5 nitrogen and oxygen atoms in total. The molecule has 1 atom stereocenters. The third-order valence-corrected chi connectivity index (χ3v) is 3.76. The van der Waals surface area contributed by atoms with Gasteiger partial charge in [0.2, 0.25) is 5.91 Å². The highest BCUT2D eigenvalue weighted by Gasteiger charge is 2.22. The zero-order chi connectivity index (χ0) is 15.7. The summed E-state index contributed by atoms with van der Waals surface area (Å²) in [5.41, 5.74) is 2.54. The molecule has 2 heterocycles. The first-order chi connectivity index (χ1) is 10.5. The summed E-state index contributed by atoms with van der Waals surface area (Å²) >= 11 is 0. The summed E-state index contributed by atoms with van der Waals surface area (Å²) in [5, 5.41) is 7.16. The zero-order valence-electron chi connectivity index (χ0n) is 12.6. The highest BCUT2D eigenvalue weighted by Crippen LogP contribution is 2.25. The Morgan fingerprint density at radius 3 is 3.09 bits per heavy atom. The standard InChI is InChI=1S/C16H18FN3O2/c1-10-12(8-20(2)19-10)7-16(21)18-14-6-11-5-13(17)3-4-15(11)22-9-14/h3-5,8,14H,6-7,9H2,1-2H3,(H,18,21). The van der Waals surface area contributed by atoms with Crippen LogP contribution in [0.25, 0.3) is 0 Å². The summed E-state index contributed by atoms with van der Waals surface area (Å²) < 4.78 is 20.5. The first-order valence-corrected chi connectivity index (χ1v) is 7.21. The molecule has 1 aromatic carbocycles. The van der Waals surface area contributed by atoms with Gasteiger partial charge < -0.3 is 10.1 Å². The fourth-order valence-electron chi connectivity index (χ4n) is 2.73. The SMILES string of the molecule is Cc1nn(C)cc1CC(=O)NC1COc2ccc(F)cc2C1. The lowest BCUT2D eigenvalue weighted by atomic mass is 10.0. The van der Waals surface area contributed by atoms with Crippen LogP contribution in [0.15, 0.2) is 24.4 Å². The zero-order valence-corrected chi connectivity index (χ0v) is 12.6. The summed E-state index contributed by atoms with van der Waals surface area (Å²) in [6, 6.07) is 4.32. The fraction of sp³-hybridized carbons (Fsp3) is 0.375. The predicted molar refractivity (Wildman–Crippen MR) is 79.2 cm³/mol. The van der Waals surface area contributed by atoms with E-state index >= 15 is 0 Å². The number of hydrogen-bond acceptors (Lipinski definition) is 3. The van der Waals surface area contributed by atoms with Crippen LogP contribution >= 0.6 is 0 Å². The lowest BCUT2D eigenvalue weighted by Crippen LogP contribution is -2.43. The number of hydrogen-bond donors (Lipinski definition) is 1. The number of fused-ring (bicyclic) bond motifs is 1. The molecule has 1 amide bonds. The van der Waals surface area contributed by atoms with Crippen LogP contribution in [-0.4, -0.2) is 28.3 Å². The third-order valence-electron chi connectivity index (χ3n) is 3.76. The molecule has 0 aliphatic carbocycles. The number of benzene rings is 1. The number of halogens is 1. The van der Waals surface area contributed by atoms with Crippen molar-refractivity contribution in [3.8, 4) is 5.75 Å². The number of amides is 1. The van der Waals surface area contributed by atoms with Crippen molar-refractivity contribution in [2.45, 2.75) is 25.8 Å².